The predicted octanol–water partition coefficient (Wildman–Crippen LogP) is 4.77. The van der Waals surface area contributed by atoms with E-state index in [1.807, 2.05) is 53.4 Å². The molecular weight excluding hydrogens is 456 g/mol. The van der Waals surface area contributed by atoms with Crippen LogP contribution in [-0.4, -0.2) is 47.8 Å². The maximum Gasteiger partial charge on any atom is 0.270 e. The van der Waals surface area contributed by atoms with Gasteiger partial charge in [-0.25, -0.2) is 0 Å². The van der Waals surface area contributed by atoms with Gasteiger partial charge in [-0.3, -0.25) is 19.7 Å². The van der Waals surface area contributed by atoms with Crippen LogP contribution in [0.25, 0.3) is 6.08 Å². The highest BCUT2D eigenvalue weighted by Gasteiger charge is 2.22. The van der Waals surface area contributed by atoms with E-state index in [-0.39, 0.29) is 17.5 Å². The van der Waals surface area contributed by atoms with Crippen molar-refractivity contribution in [3.8, 4) is 0 Å². The quantitative estimate of drug-likeness (QED) is 0.296. The molecule has 0 radical (unpaired) electrons. The van der Waals surface area contributed by atoms with Gasteiger partial charge in [0.2, 0.25) is 5.91 Å². The number of nitrogens with one attached hydrogen (secondary N) is 1. The number of carbonyl (C=O) groups is 2. The minimum atomic E-state index is -0.470. The van der Waals surface area contributed by atoms with Gasteiger partial charge >= 0.3 is 0 Å². The zero-order chi connectivity index (χ0) is 25.5. The Hall–Kier alpha value is -4.46. The van der Waals surface area contributed by atoms with Crippen molar-refractivity contribution in [2.45, 2.75) is 13.3 Å². The second-order valence-corrected chi connectivity index (χ2v) is 8.55. The Labute approximate surface area is 210 Å². The van der Waals surface area contributed by atoms with E-state index in [0.717, 1.165) is 30.8 Å². The summed E-state index contributed by atoms with van der Waals surface area (Å²) in [6.45, 7) is 4.86. The van der Waals surface area contributed by atoms with Gasteiger partial charge in [-0.2, -0.15) is 0 Å². The number of amides is 2. The molecule has 3 aromatic carbocycles. The average Bonchev–Trinajstić information content (AvgIpc) is 2.92. The lowest BCUT2D eigenvalue weighted by Crippen LogP contribution is -2.48. The Bertz CT molecular complexity index is 1260. The number of nitro groups is 1. The second kappa shape index (κ2) is 11.3. The molecule has 0 aliphatic carbocycles. The number of hydrogen-bond acceptors (Lipinski definition) is 5. The van der Waals surface area contributed by atoms with Crippen molar-refractivity contribution in [2.75, 3.05) is 36.4 Å². The maximum atomic E-state index is 12.8. The summed E-state index contributed by atoms with van der Waals surface area (Å²) < 4.78 is 0. The minimum Gasteiger partial charge on any atom is -0.368 e. The smallest absolute Gasteiger partial charge is 0.270 e. The van der Waals surface area contributed by atoms with Crippen LogP contribution in [0.1, 0.15) is 28.4 Å². The Morgan fingerprint density at radius 1 is 0.972 bits per heavy atom. The number of benzene rings is 3. The maximum absolute atomic E-state index is 12.8. The summed E-state index contributed by atoms with van der Waals surface area (Å²) in [5, 5.41) is 13.7. The molecule has 4 rings (SSSR count). The summed E-state index contributed by atoms with van der Waals surface area (Å²) in [6.07, 6.45) is 3.83. The van der Waals surface area contributed by atoms with E-state index in [0.29, 0.717) is 24.3 Å². The van der Waals surface area contributed by atoms with Crippen LogP contribution < -0.4 is 10.2 Å². The van der Waals surface area contributed by atoms with E-state index < -0.39 is 4.92 Å². The molecule has 1 heterocycles. The van der Waals surface area contributed by atoms with Crippen LogP contribution in [0, 0.1) is 10.1 Å². The number of carbonyl (C=O) groups excluding carboxylic acids is 2. The Kier molecular flexibility index (Phi) is 7.75. The molecule has 8 heteroatoms. The highest BCUT2D eigenvalue weighted by Crippen LogP contribution is 2.21. The van der Waals surface area contributed by atoms with E-state index in [9.17, 15) is 19.7 Å². The molecule has 1 saturated heterocycles. The summed E-state index contributed by atoms with van der Waals surface area (Å²) in [5.74, 6) is -0.262. The van der Waals surface area contributed by atoms with Gasteiger partial charge in [0.15, 0.2) is 0 Å². The first-order valence-electron chi connectivity index (χ1n) is 11.9. The van der Waals surface area contributed by atoms with Crippen LogP contribution in [0.15, 0.2) is 78.9 Å². The van der Waals surface area contributed by atoms with E-state index in [2.05, 4.69) is 17.1 Å². The van der Waals surface area contributed by atoms with E-state index in [1.165, 1.54) is 29.8 Å². The zero-order valence-electron chi connectivity index (χ0n) is 20.1. The van der Waals surface area contributed by atoms with Crippen molar-refractivity contribution in [3.05, 3.63) is 106 Å². The van der Waals surface area contributed by atoms with Crippen LogP contribution in [0.5, 0.6) is 0 Å². The third kappa shape index (κ3) is 6.15. The lowest BCUT2D eigenvalue weighted by molar-refractivity contribution is -0.384. The number of nitro benzene ring substituents is 1. The fourth-order valence-corrected chi connectivity index (χ4v) is 4.09. The van der Waals surface area contributed by atoms with Crippen LogP contribution in [0.4, 0.5) is 17.1 Å². The first kappa shape index (κ1) is 24.7. The minimum absolute atomic E-state index is 0.0241. The normalized spacial score (nSPS) is 13.6. The fourth-order valence-electron chi connectivity index (χ4n) is 4.09. The van der Waals surface area contributed by atoms with Gasteiger partial charge in [-0.15, -0.1) is 0 Å². The molecular formula is C28H28N4O4. The summed E-state index contributed by atoms with van der Waals surface area (Å²) in [6, 6.07) is 21.5. The van der Waals surface area contributed by atoms with Gasteiger partial charge < -0.3 is 15.1 Å². The highest BCUT2D eigenvalue weighted by atomic mass is 16.6. The fraction of sp³-hybridized carbons (Fsp3) is 0.214. The molecule has 2 amide bonds. The predicted molar refractivity (Wildman–Crippen MR) is 141 cm³/mol. The number of aryl methyl sites for hydroxylation is 1. The molecule has 0 unspecified atom stereocenters. The molecule has 0 aromatic heterocycles. The topological polar surface area (TPSA) is 95.8 Å². The van der Waals surface area contributed by atoms with Gasteiger partial charge in [-0.05, 0) is 60.0 Å². The number of rotatable bonds is 7. The lowest BCUT2D eigenvalue weighted by Gasteiger charge is -2.36. The van der Waals surface area contributed by atoms with Crippen molar-refractivity contribution in [2.24, 2.45) is 0 Å². The molecule has 1 N–H and O–H groups in total. The average molecular weight is 485 g/mol. The van der Waals surface area contributed by atoms with E-state index in [1.54, 1.807) is 12.1 Å². The molecule has 0 spiro atoms. The van der Waals surface area contributed by atoms with Crippen molar-refractivity contribution in [3.63, 3.8) is 0 Å². The summed E-state index contributed by atoms with van der Waals surface area (Å²) in [5.41, 5.74) is 4.17. The Balaban J connectivity index is 1.29. The first-order chi connectivity index (χ1) is 17.4. The third-order valence-corrected chi connectivity index (χ3v) is 6.18. The molecule has 0 saturated carbocycles. The van der Waals surface area contributed by atoms with Crippen LogP contribution >= 0.6 is 0 Å². The van der Waals surface area contributed by atoms with Gasteiger partial charge in [0.25, 0.3) is 11.6 Å². The molecule has 3 aromatic rings. The zero-order valence-corrected chi connectivity index (χ0v) is 20.1. The molecule has 8 nitrogen and oxygen atoms in total. The largest absolute Gasteiger partial charge is 0.368 e. The molecule has 0 atom stereocenters. The van der Waals surface area contributed by atoms with Crippen LogP contribution in [-0.2, 0) is 11.2 Å². The number of non-ortho nitro benzene ring substituents is 1. The Morgan fingerprint density at radius 3 is 2.31 bits per heavy atom. The SMILES string of the molecule is CCc1ccc(C(=O)N2CCN(c3ccc(NC(=O)/C=C/c4cccc([N+](=O)[O-])c4)cc3)CC2)cc1. The lowest BCUT2D eigenvalue weighted by atomic mass is 10.1. The highest BCUT2D eigenvalue weighted by molar-refractivity contribution is 6.02. The number of hydrogen-bond donors (Lipinski definition) is 1. The number of anilines is 2. The molecule has 1 fully saturated rings. The summed E-state index contributed by atoms with van der Waals surface area (Å²) in [7, 11) is 0. The van der Waals surface area contributed by atoms with Gasteiger partial charge in [0.05, 0.1) is 4.92 Å². The van der Waals surface area contributed by atoms with Crippen LogP contribution in [0.3, 0.4) is 0 Å². The van der Waals surface area contributed by atoms with Crippen molar-refractivity contribution in [1.82, 2.24) is 4.90 Å². The van der Waals surface area contributed by atoms with E-state index >= 15 is 0 Å². The summed E-state index contributed by atoms with van der Waals surface area (Å²) >= 11 is 0. The second-order valence-electron chi connectivity index (χ2n) is 8.55. The van der Waals surface area contributed by atoms with Crippen LogP contribution in [0.2, 0.25) is 0 Å². The number of nitrogens with zero attached hydrogens (tertiary/aromatic N) is 3. The van der Waals surface area contributed by atoms with Crippen molar-refractivity contribution < 1.29 is 14.5 Å². The molecule has 36 heavy (non-hydrogen) atoms. The third-order valence-electron chi connectivity index (χ3n) is 6.18. The summed E-state index contributed by atoms with van der Waals surface area (Å²) in [4.78, 5) is 39.6. The first-order valence-corrected chi connectivity index (χ1v) is 11.9. The van der Waals surface area contributed by atoms with Gasteiger partial charge in [0, 0.05) is 61.3 Å². The van der Waals surface area contributed by atoms with Crippen molar-refractivity contribution in [1.29, 1.82) is 0 Å². The van der Waals surface area contributed by atoms with Gasteiger partial charge in [0.1, 0.15) is 0 Å². The molecule has 0 bridgehead atoms. The van der Waals surface area contributed by atoms with Gasteiger partial charge in [-0.1, -0.05) is 31.2 Å². The molecule has 1 aliphatic rings. The monoisotopic (exact) mass is 484 g/mol. The van der Waals surface area contributed by atoms with E-state index in [4.69, 9.17) is 0 Å². The van der Waals surface area contributed by atoms with Crippen molar-refractivity contribution >= 4 is 35.0 Å². The molecule has 1 aliphatic heterocycles. The standard InChI is InChI=1S/C28H28N4O4/c1-2-21-6-9-23(10-7-21)28(34)31-18-16-30(17-19-31)25-13-11-24(12-14-25)29-27(33)15-8-22-4-3-5-26(20-22)32(35)36/h3-15,20H,2,16-19H2,1H3,(H,29,33)/b15-8+. The Morgan fingerprint density at radius 2 is 1.67 bits per heavy atom. The number of piperazine rings is 1. The molecule has 184 valence electrons.